The number of hydrogen-bond donors (Lipinski definition) is 0. The maximum Gasteiger partial charge on any atom is 0.306 e. The molecule has 0 amide bonds. The average molecular weight is 514 g/mol. The Morgan fingerprint density at radius 3 is 2.42 bits per heavy atom. The van der Waals surface area contributed by atoms with Gasteiger partial charge in [0.2, 0.25) is 0 Å². The second-order valence-electron chi connectivity index (χ2n) is 10.6. The van der Waals surface area contributed by atoms with Gasteiger partial charge in [-0.2, -0.15) is 10.5 Å². The minimum absolute atomic E-state index is 0.0214. The predicted molar refractivity (Wildman–Crippen MR) is 146 cm³/mol. The molecule has 0 aromatic heterocycles. The van der Waals surface area contributed by atoms with Gasteiger partial charge < -0.3 is 14.4 Å². The maximum absolute atomic E-state index is 12.4. The highest BCUT2D eigenvalue weighted by molar-refractivity contribution is 5.69. The number of hydrogen-bond acceptors (Lipinski definition) is 6. The Labute approximate surface area is 227 Å². The van der Waals surface area contributed by atoms with Crippen molar-refractivity contribution >= 4 is 5.97 Å². The fourth-order valence-electron chi connectivity index (χ4n) is 6.44. The van der Waals surface area contributed by atoms with Crippen LogP contribution in [0.1, 0.15) is 69.4 Å². The summed E-state index contributed by atoms with van der Waals surface area (Å²) in [6.07, 6.45) is 6.58. The Hall–Kier alpha value is -3.35. The number of nitriles is 2. The van der Waals surface area contributed by atoms with Crippen LogP contribution in [-0.2, 0) is 14.9 Å². The van der Waals surface area contributed by atoms with Crippen LogP contribution in [0.2, 0.25) is 0 Å². The summed E-state index contributed by atoms with van der Waals surface area (Å²) in [4.78, 5) is 14.9. The molecule has 2 aromatic rings. The molecule has 0 spiro atoms. The molecule has 6 nitrogen and oxygen atoms in total. The first kappa shape index (κ1) is 27.7. The zero-order valence-corrected chi connectivity index (χ0v) is 22.5. The molecule has 6 heteroatoms. The summed E-state index contributed by atoms with van der Waals surface area (Å²) in [6.45, 7) is 5.47. The van der Waals surface area contributed by atoms with Crippen molar-refractivity contribution < 1.29 is 14.3 Å². The Morgan fingerprint density at radius 1 is 1.03 bits per heavy atom. The first-order valence-electron chi connectivity index (χ1n) is 14.1. The summed E-state index contributed by atoms with van der Waals surface area (Å²) < 4.78 is 11.8. The van der Waals surface area contributed by atoms with Gasteiger partial charge in [-0.1, -0.05) is 37.3 Å². The molecule has 0 radical (unpaired) electrons. The first-order chi connectivity index (χ1) is 18.6. The molecule has 1 aliphatic heterocycles. The second kappa shape index (κ2) is 13.4. The van der Waals surface area contributed by atoms with Crippen LogP contribution in [0, 0.1) is 34.5 Å². The number of nitrogens with zero attached hydrogens (tertiary/aromatic N) is 3. The maximum atomic E-state index is 12.4. The van der Waals surface area contributed by atoms with Crippen LogP contribution in [0.25, 0.3) is 0 Å². The number of ether oxygens (including phenoxy) is 2. The molecule has 1 saturated carbocycles. The normalized spacial score (nSPS) is 21.7. The smallest absolute Gasteiger partial charge is 0.306 e. The lowest BCUT2D eigenvalue weighted by Gasteiger charge is -2.45. The fraction of sp³-hybridized carbons (Fsp3) is 0.531. The van der Waals surface area contributed by atoms with E-state index in [1.807, 2.05) is 37.3 Å². The second-order valence-corrected chi connectivity index (χ2v) is 10.6. The Bertz CT molecular complexity index is 1110. The molecular formula is C32H39N3O3. The summed E-state index contributed by atoms with van der Waals surface area (Å²) in [7, 11) is 0. The molecular weight excluding hydrogens is 474 g/mol. The van der Waals surface area contributed by atoms with E-state index < -0.39 is 5.41 Å². The van der Waals surface area contributed by atoms with Crippen LogP contribution in [-0.4, -0.2) is 43.2 Å². The van der Waals surface area contributed by atoms with E-state index >= 15 is 0 Å². The quantitative estimate of drug-likeness (QED) is 0.270. The van der Waals surface area contributed by atoms with Crippen molar-refractivity contribution in [3.63, 3.8) is 0 Å². The van der Waals surface area contributed by atoms with Gasteiger partial charge in [0.15, 0.2) is 0 Å². The zero-order valence-electron chi connectivity index (χ0n) is 22.5. The van der Waals surface area contributed by atoms with Crippen molar-refractivity contribution in [3.05, 3.63) is 65.7 Å². The summed E-state index contributed by atoms with van der Waals surface area (Å²) in [5.74, 6) is 0.891. The van der Waals surface area contributed by atoms with Crippen LogP contribution in [0.5, 0.6) is 5.75 Å². The highest BCUT2D eigenvalue weighted by atomic mass is 16.5. The molecule has 1 saturated heterocycles. The van der Waals surface area contributed by atoms with Gasteiger partial charge in [-0.15, -0.1) is 0 Å². The van der Waals surface area contributed by atoms with Crippen LogP contribution < -0.4 is 4.74 Å². The van der Waals surface area contributed by atoms with Gasteiger partial charge >= 0.3 is 5.97 Å². The van der Waals surface area contributed by atoms with Crippen molar-refractivity contribution in [3.8, 4) is 17.9 Å². The van der Waals surface area contributed by atoms with Gasteiger partial charge in [-0.05, 0) is 93.8 Å². The summed E-state index contributed by atoms with van der Waals surface area (Å²) in [6, 6.07) is 22.4. The third-order valence-electron chi connectivity index (χ3n) is 8.31. The lowest BCUT2D eigenvalue weighted by atomic mass is 9.59. The summed E-state index contributed by atoms with van der Waals surface area (Å²) >= 11 is 0. The summed E-state index contributed by atoms with van der Waals surface area (Å²) in [5, 5.41) is 19.8. The lowest BCUT2D eigenvalue weighted by Crippen LogP contribution is -2.49. The zero-order chi connectivity index (χ0) is 26.8. The number of likely N-dealkylation sites (tertiary alicyclic amines) is 1. The molecule has 1 unspecified atom stereocenters. The minimum Gasteiger partial charge on any atom is -0.494 e. The van der Waals surface area contributed by atoms with E-state index in [4.69, 9.17) is 14.7 Å². The molecule has 0 N–H and O–H groups in total. The van der Waals surface area contributed by atoms with Crippen LogP contribution in [0.15, 0.2) is 54.6 Å². The molecule has 1 aliphatic carbocycles. The standard InChI is InChI=1S/C32H39N3O3/c1-2-8-31(36)38-30-12-6-11-29(30)32(24-34,26-9-4-3-5-10-26)27-17-20-35(21-18-27)19-7-22-37-28-15-13-25(23-33)14-16-28/h3-5,9-10,13-16,27,29-30H,2,6-8,11-12,17-22H2,1H3/t29-,30-,32?/m0/s1. The Kier molecular flexibility index (Phi) is 9.79. The van der Waals surface area contributed by atoms with E-state index in [1.54, 1.807) is 12.1 Å². The minimum atomic E-state index is -0.653. The van der Waals surface area contributed by atoms with E-state index in [0.29, 0.717) is 18.6 Å². The SMILES string of the molecule is CCCC(=O)O[C@H]1CCC[C@@H]1C(C#N)(c1ccccc1)C1CCN(CCCOc2ccc(C#N)cc2)CC1. The van der Waals surface area contributed by atoms with E-state index in [9.17, 15) is 10.1 Å². The molecule has 2 aromatic carbocycles. The van der Waals surface area contributed by atoms with Crippen molar-refractivity contribution in [2.24, 2.45) is 11.8 Å². The van der Waals surface area contributed by atoms with E-state index in [0.717, 1.165) is 75.9 Å². The monoisotopic (exact) mass is 513 g/mol. The molecule has 38 heavy (non-hydrogen) atoms. The molecule has 2 fully saturated rings. The Morgan fingerprint density at radius 2 is 1.76 bits per heavy atom. The van der Waals surface area contributed by atoms with Crippen molar-refractivity contribution in [2.45, 2.75) is 69.8 Å². The number of esters is 1. The highest BCUT2D eigenvalue weighted by Crippen LogP contribution is 2.50. The van der Waals surface area contributed by atoms with Crippen LogP contribution in [0.4, 0.5) is 0 Å². The van der Waals surface area contributed by atoms with Crippen LogP contribution >= 0.6 is 0 Å². The third kappa shape index (κ3) is 6.37. The number of carbonyl (C=O) groups is 1. The Balaban J connectivity index is 1.39. The van der Waals surface area contributed by atoms with Crippen molar-refractivity contribution in [2.75, 3.05) is 26.2 Å². The number of benzene rings is 2. The van der Waals surface area contributed by atoms with Gasteiger partial charge in [0.1, 0.15) is 11.9 Å². The van der Waals surface area contributed by atoms with Gasteiger partial charge in [0, 0.05) is 18.9 Å². The van der Waals surface area contributed by atoms with E-state index in [2.05, 4.69) is 29.2 Å². The predicted octanol–water partition coefficient (Wildman–Crippen LogP) is 6.01. The fourth-order valence-corrected chi connectivity index (χ4v) is 6.44. The molecule has 3 atom stereocenters. The number of piperidine rings is 1. The van der Waals surface area contributed by atoms with Crippen molar-refractivity contribution in [1.29, 1.82) is 10.5 Å². The van der Waals surface area contributed by atoms with E-state index in [1.165, 1.54) is 0 Å². The molecule has 2 aliphatic rings. The highest BCUT2D eigenvalue weighted by Gasteiger charge is 2.53. The largest absolute Gasteiger partial charge is 0.494 e. The van der Waals surface area contributed by atoms with Crippen LogP contribution in [0.3, 0.4) is 0 Å². The van der Waals surface area contributed by atoms with Crippen molar-refractivity contribution in [1.82, 2.24) is 4.90 Å². The van der Waals surface area contributed by atoms with E-state index in [-0.39, 0.29) is 23.9 Å². The molecule has 0 bridgehead atoms. The average Bonchev–Trinajstić information content (AvgIpc) is 3.42. The van der Waals surface area contributed by atoms with Gasteiger partial charge in [0.05, 0.1) is 29.7 Å². The third-order valence-corrected chi connectivity index (χ3v) is 8.31. The summed E-state index contributed by atoms with van der Waals surface area (Å²) in [5.41, 5.74) is 1.05. The van der Waals surface area contributed by atoms with Gasteiger partial charge in [-0.3, -0.25) is 4.79 Å². The molecule has 4 rings (SSSR count). The number of rotatable bonds is 11. The lowest BCUT2D eigenvalue weighted by molar-refractivity contribution is -0.152. The molecule has 1 heterocycles. The van der Waals surface area contributed by atoms with Gasteiger partial charge in [0.25, 0.3) is 0 Å². The first-order valence-corrected chi connectivity index (χ1v) is 14.1. The number of carbonyl (C=O) groups excluding carboxylic acids is 1. The van der Waals surface area contributed by atoms with Gasteiger partial charge in [-0.25, -0.2) is 0 Å². The molecule has 200 valence electrons. The topological polar surface area (TPSA) is 86.3 Å².